The van der Waals surface area contributed by atoms with Crippen molar-refractivity contribution < 1.29 is 28.6 Å². The minimum Gasteiger partial charge on any atom is -0.459 e. The van der Waals surface area contributed by atoms with E-state index in [4.69, 9.17) is 14.2 Å². The summed E-state index contributed by atoms with van der Waals surface area (Å²) in [5, 5.41) is 5.50. The highest BCUT2D eigenvalue weighted by molar-refractivity contribution is 8.14. The summed E-state index contributed by atoms with van der Waals surface area (Å²) in [6, 6.07) is 8.94. The number of amides is 2. The molecule has 0 aliphatic carbocycles. The molecule has 39 heavy (non-hydrogen) atoms. The van der Waals surface area contributed by atoms with Crippen LogP contribution < -0.4 is 10.6 Å². The normalized spacial score (nSPS) is 33.1. The molecule has 2 saturated heterocycles. The molecule has 2 bridgehead atoms. The van der Waals surface area contributed by atoms with Crippen LogP contribution in [0.2, 0.25) is 0 Å². The van der Waals surface area contributed by atoms with E-state index < -0.39 is 30.0 Å². The van der Waals surface area contributed by atoms with E-state index in [0.717, 1.165) is 42.2 Å². The molecule has 0 aromatic heterocycles. The van der Waals surface area contributed by atoms with Crippen molar-refractivity contribution in [3.05, 3.63) is 71.8 Å². The van der Waals surface area contributed by atoms with Gasteiger partial charge in [0.25, 0.3) is 5.24 Å². The number of esters is 1. The van der Waals surface area contributed by atoms with Gasteiger partial charge in [0, 0.05) is 24.8 Å². The Bertz CT molecular complexity index is 1100. The van der Waals surface area contributed by atoms with E-state index in [1.165, 1.54) is 6.08 Å². The highest BCUT2D eigenvalue weighted by Crippen LogP contribution is 2.39. The van der Waals surface area contributed by atoms with Crippen LogP contribution in [0.25, 0.3) is 0 Å². The average Bonchev–Trinajstić information content (AvgIpc) is 3.35. The second kappa shape index (κ2) is 13.8. The van der Waals surface area contributed by atoms with Crippen LogP contribution in [-0.2, 0) is 25.5 Å². The number of alkyl carbamates (subject to hydrolysis) is 1. The topological polar surface area (TPSA) is 103 Å². The molecule has 2 fully saturated rings. The van der Waals surface area contributed by atoms with Gasteiger partial charge in [-0.1, -0.05) is 78.9 Å². The lowest BCUT2D eigenvalue weighted by molar-refractivity contribution is -0.281. The van der Waals surface area contributed by atoms with Crippen LogP contribution in [0.4, 0.5) is 9.59 Å². The monoisotopic (exact) mass is 554 g/mol. The van der Waals surface area contributed by atoms with Gasteiger partial charge in [-0.3, -0.25) is 4.79 Å². The third-order valence-electron chi connectivity index (χ3n) is 7.14. The van der Waals surface area contributed by atoms with Crippen LogP contribution in [-0.4, -0.2) is 47.1 Å². The van der Waals surface area contributed by atoms with E-state index in [1.807, 2.05) is 43.3 Å². The third kappa shape index (κ3) is 8.73. The van der Waals surface area contributed by atoms with E-state index in [9.17, 15) is 14.4 Å². The van der Waals surface area contributed by atoms with Gasteiger partial charge in [-0.2, -0.15) is 0 Å². The van der Waals surface area contributed by atoms with Crippen molar-refractivity contribution >= 4 is 29.1 Å². The minimum atomic E-state index is -1.47. The van der Waals surface area contributed by atoms with Gasteiger partial charge in [-0.05, 0) is 44.1 Å². The van der Waals surface area contributed by atoms with E-state index in [0.29, 0.717) is 24.5 Å². The number of nitrogens with one attached hydrogen (secondary N) is 2. The van der Waals surface area contributed by atoms with Crippen molar-refractivity contribution in [3.8, 4) is 0 Å². The SMILES string of the molecule is C/C1=C/C(=O)O[C@@H]2C[C@@H](CC[C@H](C)/C=C\C=C\CC1)O[C@@](OC(=O)NCc1ccccc1)([C@@H]1CSC(=O)N1)C2. The average molecular weight is 555 g/mol. The zero-order valence-electron chi connectivity index (χ0n) is 22.6. The fourth-order valence-corrected chi connectivity index (χ4v) is 5.92. The summed E-state index contributed by atoms with van der Waals surface area (Å²) in [7, 11) is 0. The van der Waals surface area contributed by atoms with Crippen molar-refractivity contribution in [1.29, 1.82) is 0 Å². The summed E-state index contributed by atoms with van der Waals surface area (Å²) in [6.45, 7) is 4.35. The van der Waals surface area contributed by atoms with Crippen LogP contribution >= 0.6 is 11.8 Å². The second-order valence-corrected chi connectivity index (χ2v) is 11.5. The summed E-state index contributed by atoms with van der Waals surface area (Å²) in [5.74, 6) is -1.21. The van der Waals surface area contributed by atoms with Crippen LogP contribution in [0.3, 0.4) is 0 Å². The standard InChI is InChI=1S/C30H38N2O6S/c1-21-10-6-3-4-7-11-22(2)16-27(33)36-25-17-24(15-14-21)37-30(18-25,26-20-39-29(35)32-26)38-28(34)31-19-23-12-8-5-9-13-23/h3-6,8-10,12-13,16,21,24-26H,7,11,14-15,17-20H2,1-2H3,(H,31,34)(H,32,35)/b4-3+,10-6-,22-16-/t21-,24-,25-,26+,30+/m1/s1. The van der Waals surface area contributed by atoms with Crippen molar-refractivity contribution in [2.75, 3.05) is 5.75 Å². The zero-order chi connectivity index (χ0) is 27.7. The summed E-state index contributed by atoms with van der Waals surface area (Å²) in [4.78, 5) is 38.1. The van der Waals surface area contributed by atoms with Gasteiger partial charge in [-0.15, -0.1) is 0 Å². The van der Waals surface area contributed by atoms with E-state index in [2.05, 4.69) is 35.8 Å². The first-order valence-corrected chi connectivity index (χ1v) is 14.6. The van der Waals surface area contributed by atoms with Gasteiger partial charge in [0.2, 0.25) is 5.79 Å². The lowest BCUT2D eigenvalue weighted by Crippen LogP contribution is -2.61. The number of allylic oxidation sites excluding steroid dienone is 5. The van der Waals surface area contributed by atoms with E-state index in [1.54, 1.807) is 0 Å². The summed E-state index contributed by atoms with van der Waals surface area (Å²) in [5.41, 5.74) is 1.86. The summed E-state index contributed by atoms with van der Waals surface area (Å²) >= 11 is 1.12. The van der Waals surface area contributed by atoms with E-state index >= 15 is 0 Å². The van der Waals surface area contributed by atoms with Crippen LogP contribution in [0.5, 0.6) is 0 Å². The molecule has 0 saturated carbocycles. The largest absolute Gasteiger partial charge is 0.459 e. The van der Waals surface area contributed by atoms with Gasteiger partial charge in [0.15, 0.2) is 0 Å². The summed E-state index contributed by atoms with van der Waals surface area (Å²) in [6.07, 6.45) is 12.1. The van der Waals surface area contributed by atoms with Crippen molar-refractivity contribution in [3.63, 3.8) is 0 Å². The Labute approximate surface area is 234 Å². The molecule has 4 rings (SSSR count). The number of ether oxygens (including phenoxy) is 3. The highest BCUT2D eigenvalue weighted by Gasteiger charge is 2.54. The van der Waals surface area contributed by atoms with Gasteiger partial charge in [0.1, 0.15) is 12.1 Å². The lowest BCUT2D eigenvalue weighted by atomic mass is 9.90. The van der Waals surface area contributed by atoms with Gasteiger partial charge >= 0.3 is 12.1 Å². The predicted octanol–water partition coefficient (Wildman–Crippen LogP) is 5.79. The fourth-order valence-electron chi connectivity index (χ4n) is 5.04. The first kappa shape index (κ1) is 29.0. The maximum atomic E-state index is 13.1. The zero-order valence-corrected chi connectivity index (χ0v) is 23.4. The first-order chi connectivity index (χ1) is 18.8. The maximum Gasteiger partial charge on any atom is 0.410 e. The number of carbonyl (C=O) groups is 3. The highest BCUT2D eigenvalue weighted by atomic mass is 32.2. The molecule has 2 amide bonds. The quantitative estimate of drug-likeness (QED) is 0.454. The Morgan fingerprint density at radius 1 is 1.18 bits per heavy atom. The number of carbonyl (C=O) groups excluding carboxylic acids is 3. The molecule has 0 spiro atoms. The van der Waals surface area contributed by atoms with E-state index in [-0.39, 0.29) is 24.3 Å². The first-order valence-electron chi connectivity index (χ1n) is 13.6. The Morgan fingerprint density at radius 3 is 2.77 bits per heavy atom. The summed E-state index contributed by atoms with van der Waals surface area (Å²) < 4.78 is 18.5. The maximum absolute atomic E-state index is 13.1. The molecule has 3 heterocycles. The molecule has 3 aliphatic rings. The molecule has 3 aliphatic heterocycles. The smallest absolute Gasteiger partial charge is 0.410 e. The lowest BCUT2D eigenvalue weighted by Gasteiger charge is -2.46. The molecular formula is C30H38N2O6S. The number of rotatable bonds is 4. The number of hydrogen-bond acceptors (Lipinski definition) is 7. The Morgan fingerprint density at radius 2 is 2.00 bits per heavy atom. The number of benzene rings is 1. The predicted molar refractivity (Wildman–Crippen MR) is 151 cm³/mol. The Kier molecular flexibility index (Phi) is 10.3. The molecular weight excluding hydrogens is 516 g/mol. The van der Waals surface area contributed by atoms with Crippen molar-refractivity contribution in [2.45, 2.75) is 83.0 Å². The molecule has 8 nitrogen and oxygen atoms in total. The molecule has 2 N–H and O–H groups in total. The van der Waals surface area contributed by atoms with Crippen LogP contribution in [0.1, 0.15) is 57.9 Å². The number of fused-ring (bicyclic) bond motifs is 2. The second-order valence-electron chi connectivity index (χ2n) is 10.5. The van der Waals surface area contributed by atoms with Gasteiger partial charge in [0.05, 0.1) is 12.5 Å². The van der Waals surface area contributed by atoms with Gasteiger partial charge < -0.3 is 24.8 Å². The Balaban J connectivity index is 1.57. The molecule has 210 valence electrons. The Hall–Kier alpha value is -3.04. The molecule has 1 aromatic carbocycles. The fraction of sp³-hybridized carbons (Fsp3) is 0.500. The van der Waals surface area contributed by atoms with Crippen molar-refractivity contribution in [2.24, 2.45) is 5.92 Å². The number of hydrogen-bond donors (Lipinski definition) is 2. The molecule has 5 atom stereocenters. The molecule has 0 radical (unpaired) electrons. The van der Waals surface area contributed by atoms with Crippen LogP contribution in [0.15, 0.2) is 66.3 Å². The van der Waals surface area contributed by atoms with Crippen LogP contribution in [0, 0.1) is 5.92 Å². The van der Waals surface area contributed by atoms with Gasteiger partial charge in [-0.25, -0.2) is 9.59 Å². The molecule has 1 aromatic rings. The number of thioether (sulfide) groups is 1. The van der Waals surface area contributed by atoms with Crippen molar-refractivity contribution in [1.82, 2.24) is 10.6 Å². The minimum absolute atomic E-state index is 0.130. The third-order valence-corrected chi connectivity index (χ3v) is 8.02. The molecule has 9 heteroatoms. The molecule has 0 unspecified atom stereocenters.